The molecular formula is C28H48O3. The Labute approximate surface area is 192 Å². The minimum absolute atomic E-state index is 0.125. The number of ether oxygens (including phenoxy) is 2. The normalized spacial score (nSPS) is 11.3. The van der Waals surface area contributed by atoms with Crippen LogP contribution in [0.5, 0.6) is 5.75 Å². The Morgan fingerprint density at radius 2 is 1.19 bits per heavy atom. The van der Waals surface area contributed by atoms with Gasteiger partial charge in [-0.1, -0.05) is 109 Å². The van der Waals surface area contributed by atoms with Crippen molar-refractivity contribution in [3.8, 4) is 5.75 Å². The van der Waals surface area contributed by atoms with E-state index in [1.54, 1.807) is 6.07 Å². The maximum Gasteiger partial charge on any atom is 0.342 e. The first-order chi connectivity index (χ1) is 15.0. The molecule has 0 N–H and O–H groups in total. The van der Waals surface area contributed by atoms with Crippen molar-refractivity contribution < 1.29 is 14.3 Å². The van der Waals surface area contributed by atoms with Gasteiger partial charge >= 0.3 is 5.97 Å². The highest BCUT2D eigenvalue weighted by atomic mass is 16.5. The average molecular weight is 433 g/mol. The zero-order valence-corrected chi connectivity index (χ0v) is 20.8. The van der Waals surface area contributed by atoms with Crippen molar-refractivity contribution in [1.82, 2.24) is 0 Å². The van der Waals surface area contributed by atoms with Gasteiger partial charge in [0.25, 0.3) is 0 Å². The summed E-state index contributed by atoms with van der Waals surface area (Å²) in [5.41, 5.74) is 0.520. The van der Waals surface area contributed by atoms with Crippen molar-refractivity contribution >= 4 is 5.97 Å². The summed E-state index contributed by atoms with van der Waals surface area (Å²) in [7, 11) is 0. The average Bonchev–Trinajstić information content (AvgIpc) is 2.73. The standard InChI is InChI=1S/C28H48O3/c1-24(2)20-16-14-12-10-8-6-5-7-9-11-13-15-19-23-30-27-22-18-17-21-26(27)28(29)31-25(3)4/h17-18,21-22,24-25H,5-16,19-20,23H2,1-4H3. The number of hydrogen-bond donors (Lipinski definition) is 0. The molecule has 1 rings (SSSR count). The molecule has 0 aliphatic carbocycles. The number of para-hydroxylation sites is 1. The fourth-order valence-corrected chi connectivity index (χ4v) is 3.82. The molecule has 3 heteroatoms. The van der Waals surface area contributed by atoms with Gasteiger partial charge in [0.2, 0.25) is 0 Å². The predicted molar refractivity (Wildman–Crippen MR) is 132 cm³/mol. The van der Waals surface area contributed by atoms with Crippen LogP contribution in [-0.4, -0.2) is 18.7 Å². The first kappa shape index (κ1) is 27.5. The summed E-state index contributed by atoms with van der Waals surface area (Å²) in [5.74, 6) is 1.19. The molecule has 0 aliphatic heterocycles. The Kier molecular flexibility index (Phi) is 16.1. The summed E-state index contributed by atoms with van der Waals surface area (Å²) in [6.45, 7) is 9.02. The highest BCUT2D eigenvalue weighted by molar-refractivity contribution is 5.92. The van der Waals surface area contributed by atoms with Crippen molar-refractivity contribution in [3.05, 3.63) is 29.8 Å². The molecule has 178 valence electrons. The third-order valence-electron chi connectivity index (χ3n) is 5.63. The number of hydrogen-bond acceptors (Lipinski definition) is 3. The maximum atomic E-state index is 12.2. The Bertz CT molecular complexity index is 565. The third kappa shape index (κ3) is 15.0. The molecule has 0 aliphatic rings. The van der Waals surface area contributed by atoms with E-state index in [9.17, 15) is 4.79 Å². The highest BCUT2D eigenvalue weighted by Gasteiger charge is 2.14. The van der Waals surface area contributed by atoms with E-state index in [-0.39, 0.29) is 12.1 Å². The van der Waals surface area contributed by atoms with Gasteiger partial charge in [0.05, 0.1) is 12.7 Å². The Balaban J connectivity index is 1.95. The molecule has 3 nitrogen and oxygen atoms in total. The SMILES string of the molecule is CC(C)CCCCCCCCCCCCCCCOc1ccccc1C(=O)OC(C)C. The lowest BCUT2D eigenvalue weighted by Gasteiger charge is -2.12. The molecule has 0 heterocycles. The van der Waals surface area contributed by atoms with Gasteiger partial charge in [0, 0.05) is 0 Å². The van der Waals surface area contributed by atoms with Crippen molar-refractivity contribution in [3.63, 3.8) is 0 Å². The maximum absolute atomic E-state index is 12.2. The van der Waals surface area contributed by atoms with E-state index in [1.165, 1.54) is 83.5 Å². The second kappa shape index (κ2) is 18.1. The van der Waals surface area contributed by atoms with Crippen LogP contribution in [0, 0.1) is 5.92 Å². The van der Waals surface area contributed by atoms with Gasteiger partial charge in [-0.15, -0.1) is 0 Å². The quantitative estimate of drug-likeness (QED) is 0.162. The predicted octanol–water partition coefficient (Wildman–Crippen LogP) is 8.75. The molecule has 0 saturated heterocycles. The summed E-state index contributed by atoms with van der Waals surface area (Å²) >= 11 is 0. The molecule has 0 radical (unpaired) electrons. The molecule has 0 unspecified atom stereocenters. The number of unbranched alkanes of at least 4 members (excludes halogenated alkanes) is 12. The van der Waals surface area contributed by atoms with E-state index < -0.39 is 0 Å². The highest BCUT2D eigenvalue weighted by Crippen LogP contribution is 2.20. The number of benzene rings is 1. The summed E-state index contributed by atoms with van der Waals surface area (Å²) in [6.07, 6.45) is 18.8. The Hall–Kier alpha value is -1.51. The molecule has 0 fully saturated rings. The number of esters is 1. The topological polar surface area (TPSA) is 35.5 Å². The molecule has 0 bridgehead atoms. The number of carbonyl (C=O) groups excluding carboxylic acids is 1. The third-order valence-corrected chi connectivity index (χ3v) is 5.63. The van der Waals surface area contributed by atoms with Crippen LogP contribution in [-0.2, 0) is 4.74 Å². The van der Waals surface area contributed by atoms with Crippen LogP contribution in [0.1, 0.15) is 128 Å². The molecule has 0 aromatic heterocycles. The second-order valence-corrected chi connectivity index (χ2v) is 9.58. The number of rotatable bonds is 19. The van der Waals surface area contributed by atoms with Crippen LogP contribution in [0.15, 0.2) is 24.3 Å². The van der Waals surface area contributed by atoms with Gasteiger partial charge in [-0.25, -0.2) is 4.79 Å². The molecule has 1 aromatic carbocycles. The van der Waals surface area contributed by atoms with Gasteiger partial charge in [-0.2, -0.15) is 0 Å². The van der Waals surface area contributed by atoms with Crippen molar-refractivity contribution in [1.29, 1.82) is 0 Å². The summed E-state index contributed by atoms with van der Waals surface area (Å²) in [4.78, 5) is 12.2. The van der Waals surface area contributed by atoms with Gasteiger partial charge in [-0.3, -0.25) is 0 Å². The molecular weight excluding hydrogens is 384 g/mol. The van der Waals surface area contributed by atoms with Crippen LogP contribution < -0.4 is 4.74 Å². The summed E-state index contributed by atoms with van der Waals surface area (Å²) < 4.78 is 11.2. The van der Waals surface area contributed by atoms with Crippen LogP contribution >= 0.6 is 0 Å². The number of carbonyl (C=O) groups is 1. The molecule has 0 amide bonds. The van der Waals surface area contributed by atoms with E-state index in [2.05, 4.69) is 13.8 Å². The fraction of sp³-hybridized carbons (Fsp3) is 0.750. The van der Waals surface area contributed by atoms with Crippen LogP contribution in [0.3, 0.4) is 0 Å². The summed E-state index contributed by atoms with van der Waals surface area (Å²) in [6, 6.07) is 7.36. The fourth-order valence-electron chi connectivity index (χ4n) is 3.82. The van der Waals surface area contributed by atoms with Crippen LogP contribution in [0.25, 0.3) is 0 Å². The van der Waals surface area contributed by atoms with Gasteiger partial charge in [0.1, 0.15) is 11.3 Å². The Morgan fingerprint density at radius 3 is 1.71 bits per heavy atom. The minimum Gasteiger partial charge on any atom is -0.493 e. The zero-order valence-electron chi connectivity index (χ0n) is 20.8. The molecule has 31 heavy (non-hydrogen) atoms. The minimum atomic E-state index is -0.309. The zero-order chi connectivity index (χ0) is 22.7. The Morgan fingerprint density at radius 1 is 0.710 bits per heavy atom. The molecule has 1 aromatic rings. The van der Waals surface area contributed by atoms with Crippen LogP contribution in [0.2, 0.25) is 0 Å². The van der Waals surface area contributed by atoms with Crippen molar-refractivity contribution in [2.45, 2.75) is 124 Å². The van der Waals surface area contributed by atoms with E-state index in [4.69, 9.17) is 9.47 Å². The van der Waals surface area contributed by atoms with Gasteiger partial charge in [-0.05, 0) is 38.3 Å². The van der Waals surface area contributed by atoms with E-state index in [0.29, 0.717) is 17.9 Å². The van der Waals surface area contributed by atoms with Gasteiger partial charge in [0.15, 0.2) is 0 Å². The lowest BCUT2D eigenvalue weighted by atomic mass is 10.0. The largest absolute Gasteiger partial charge is 0.493 e. The van der Waals surface area contributed by atoms with E-state index in [0.717, 1.165) is 12.3 Å². The van der Waals surface area contributed by atoms with Gasteiger partial charge < -0.3 is 9.47 Å². The second-order valence-electron chi connectivity index (χ2n) is 9.58. The summed E-state index contributed by atoms with van der Waals surface area (Å²) in [5, 5.41) is 0. The first-order valence-corrected chi connectivity index (χ1v) is 12.9. The first-order valence-electron chi connectivity index (χ1n) is 12.9. The van der Waals surface area contributed by atoms with Crippen molar-refractivity contribution in [2.24, 2.45) is 5.92 Å². The monoisotopic (exact) mass is 432 g/mol. The molecule has 0 spiro atoms. The van der Waals surface area contributed by atoms with E-state index >= 15 is 0 Å². The lowest BCUT2D eigenvalue weighted by molar-refractivity contribution is 0.0373. The van der Waals surface area contributed by atoms with E-state index in [1.807, 2.05) is 32.0 Å². The van der Waals surface area contributed by atoms with Crippen molar-refractivity contribution in [2.75, 3.05) is 6.61 Å². The van der Waals surface area contributed by atoms with Crippen LogP contribution in [0.4, 0.5) is 0 Å². The lowest BCUT2D eigenvalue weighted by Crippen LogP contribution is -2.13. The molecule has 0 atom stereocenters. The molecule has 0 saturated carbocycles. The smallest absolute Gasteiger partial charge is 0.342 e.